The van der Waals surface area contributed by atoms with E-state index in [4.69, 9.17) is 11.6 Å². The highest BCUT2D eigenvalue weighted by Crippen LogP contribution is 2.13. The van der Waals surface area contributed by atoms with Gasteiger partial charge >= 0.3 is 0 Å². The summed E-state index contributed by atoms with van der Waals surface area (Å²) in [6.07, 6.45) is 0. The second-order valence-electron chi connectivity index (χ2n) is 2.90. The Morgan fingerprint density at radius 3 is 2.79 bits per heavy atom. The molecule has 0 atom stereocenters. The summed E-state index contributed by atoms with van der Waals surface area (Å²) < 4.78 is 13.7. The third-order valence-corrected chi connectivity index (χ3v) is 2.07. The number of nitrogens with one attached hydrogen (secondary N) is 1. The normalized spacial score (nSPS) is 10.2. The molecular formula is C10H10BrClFN. The lowest BCUT2D eigenvalue weighted by molar-refractivity contribution is 0.623. The summed E-state index contributed by atoms with van der Waals surface area (Å²) in [7, 11) is 0. The molecule has 1 aromatic rings. The highest BCUT2D eigenvalue weighted by molar-refractivity contribution is 9.11. The minimum Gasteiger partial charge on any atom is -0.308 e. The SMILES string of the molecule is C=C(Br)CNCc1cc(F)cc(Cl)c1. The van der Waals surface area contributed by atoms with Crippen LogP contribution in [0.5, 0.6) is 0 Å². The molecule has 0 fully saturated rings. The van der Waals surface area contributed by atoms with Gasteiger partial charge in [-0.15, -0.1) is 0 Å². The molecule has 4 heteroatoms. The van der Waals surface area contributed by atoms with Crippen LogP contribution in [0.25, 0.3) is 0 Å². The van der Waals surface area contributed by atoms with Crippen molar-refractivity contribution in [2.45, 2.75) is 6.54 Å². The van der Waals surface area contributed by atoms with Gasteiger partial charge in [-0.2, -0.15) is 0 Å². The van der Waals surface area contributed by atoms with Crippen molar-refractivity contribution >= 4 is 27.5 Å². The quantitative estimate of drug-likeness (QED) is 0.889. The minimum atomic E-state index is -0.313. The molecule has 1 N–H and O–H groups in total. The van der Waals surface area contributed by atoms with E-state index < -0.39 is 0 Å². The van der Waals surface area contributed by atoms with Crippen molar-refractivity contribution in [3.63, 3.8) is 0 Å². The lowest BCUT2D eigenvalue weighted by Crippen LogP contribution is -2.14. The molecule has 0 heterocycles. The van der Waals surface area contributed by atoms with E-state index in [1.54, 1.807) is 6.07 Å². The fourth-order valence-electron chi connectivity index (χ4n) is 1.06. The fourth-order valence-corrected chi connectivity index (χ4v) is 1.50. The van der Waals surface area contributed by atoms with Crippen LogP contribution in [0, 0.1) is 5.82 Å². The van der Waals surface area contributed by atoms with Gasteiger partial charge in [0.05, 0.1) is 0 Å². The van der Waals surface area contributed by atoms with Gasteiger partial charge in [0.2, 0.25) is 0 Å². The average Bonchev–Trinajstić information content (AvgIpc) is 2.01. The predicted molar refractivity (Wildman–Crippen MR) is 61.2 cm³/mol. The van der Waals surface area contributed by atoms with E-state index in [0.717, 1.165) is 10.0 Å². The summed E-state index contributed by atoms with van der Waals surface area (Å²) in [6.45, 7) is 4.89. The largest absolute Gasteiger partial charge is 0.308 e. The van der Waals surface area contributed by atoms with Crippen molar-refractivity contribution in [2.75, 3.05) is 6.54 Å². The molecule has 0 saturated carbocycles. The van der Waals surface area contributed by atoms with Crippen LogP contribution in [-0.4, -0.2) is 6.54 Å². The topological polar surface area (TPSA) is 12.0 Å². The predicted octanol–water partition coefficient (Wildman–Crippen LogP) is 3.48. The number of halogens is 3. The van der Waals surface area contributed by atoms with Gasteiger partial charge in [-0.1, -0.05) is 34.1 Å². The Morgan fingerprint density at radius 2 is 2.21 bits per heavy atom. The molecule has 0 spiro atoms. The number of rotatable bonds is 4. The van der Waals surface area contributed by atoms with Crippen LogP contribution < -0.4 is 5.32 Å². The highest BCUT2D eigenvalue weighted by Gasteiger charge is 1.98. The second kappa shape index (κ2) is 5.49. The molecule has 0 bridgehead atoms. The Bertz CT molecular complexity index is 321. The van der Waals surface area contributed by atoms with Gasteiger partial charge in [-0.25, -0.2) is 4.39 Å². The zero-order chi connectivity index (χ0) is 10.6. The third kappa shape index (κ3) is 4.22. The smallest absolute Gasteiger partial charge is 0.125 e. The van der Waals surface area contributed by atoms with E-state index >= 15 is 0 Å². The molecular weight excluding hydrogens is 268 g/mol. The van der Waals surface area contributed by atoms with Crippen LogP contribution >= 0.6 is 27.5 Å². The van der Waals surface area contributed by atoms with Gasteiger partial charge < -0.3 is 5.32 Å². The van der Waals surface area contributed by atoms with Crippen LogP contribution in [-0.2, 0) is 6.54 Å². The molecule has 0 unspecified atom stereocenters. The van der Waals surface area contributed by atoms with Gasteiger partial charge in [-0.05, 0) is 23.8 Å². The summed E-state index contributed by atoms with van der Waals surface area (Å²) in [5.74, 6) is -0.313. The Hall–Kier alpha value is -0.380. The second-order valence-corrected chi connectivity index (χ2v) is 4.46. The summed E-state index contributed by atoms with van der Waals surface area (Å²) in [5.41, 5.74) is 0.823. The first-order valence-corrected chi connectivity index (χ1v) is 5.24. The van der Waals surface area contributed by atoms with Crippen molar-refractivity contribution < 1.29 is 4.39 Å². The first-order valence-electron chi connectivity index (χ1n) is 4.07. The maximum absolute atomic E-state index is 12.9. The summed E-state index contributed by atoms with van der Waals surface area (Å²) in [5, 5.41) is 3.50. The van der Waals surface area contributed by atoms with E-state index in [2.05, 4.69) is 27.8 Å². The Balaban J connectivity index is 2.54. The average molecular weight is 279 g/mol. The molecule has 14 heavy (non-hydrogen) atoms. The Morgan fingerprint density at radius 1 is 1.50 bits per heavy atom. The van der Waals surface area contributed by atoms with E-state index in [0.29, 0.717) is 18.1 Å². The van der Waals surface area contributed by atoms with E-state index in [9.17, 15) is 4.39 Å². The van der Waals surface area contributed by atoms with E-state index in [-0.39, 0.29) is 5.82 Å². The number of benzene rings is 1. The van der Waals surface area contributed by atoms with Crippen LogP contribution in [0.3, 0.4) is 0 Å². The van der Waals surface area contributed by atoms with Crippen molar-refractivity contribution in [1.82, 2.24) is 5.32 Å². The third-order valence-electron chi connectivity index (χ3n) is 1.57. The molecule has 0 aliphatic carbocycles. The standard InChI is InChI=1S/C10H10BrClFN/c1-7(11)5-14-6-8-2-9(12)4-10(13)3-8/h2-4,14H,1,5-6H2. The van der Waals surface area contributed by atoms with Crippen LogP contribution in [0.2, 0.25) is 5.02 Å². The molecule has 0 radical (unpaired) electrons. The summed E-state index contributed by atoms with van der Waals surface area (Å²) in [4.78, 5) is 0. The fraction of sp³-hybridized carbons (Fsp3) is 0.200. The first kappa shape index (κ1) is 11.7. The van der Waals surface area contributed by atoms with Crippen LogP contribution in [0.1, 0.15) is 5.56 Å². The lowest BCUT2D eigenvalue weighted by atomic mass is 10.2. The molecule has 0 aliphatic heterocycles. The highest BCUT2D eigenvalue weighted by atomic mass is 79.9. The lowest BCUT2D eigenvalue weighted by Gasteiger charge is -2.04. The zero-order valence-corrected chi connectivity index (χ0v) is 9.83. The van der Waals surface area contributed by atoms with Crippen LogP contribution in [0.4, 0.5) is 4.39 Å². The van der Waals surface area contributed by atoms with Gasteiger partial charge in [0.1, 0.15) is 5.82 Å². The van der Waals surface area contributed by atoms with Crippen molar-refractivity contribution in [1.29, 1.82) is 0 Å². The van der Waals surface area contributed by atoms with E-state index in [1.165, 1.54) is 12.1 Å². The maximum atomic E-state index is 12.9. The van der Waals surface area contributed by atoms with Gasteiger partial charge in [0.25, 0.3) is 0 Å². The summed E-state index contributed by atoms with van der Waals surface area (Å²) in [6, 6.07) is 4.47. The molecule has 1 nitrogen and oxygen atoms in total. The molecule has 76 valence electrons. The molecule has 0 saturated heterocycles. The molecule has 1 aromatic carbocycles. The molecule has 1 rings (SSSR count). The Labute approximate surface area is 96.1 Å². The minimum absolute atomic E-state index is 0.313. The van der Waals surface area contributed by atoms with Gasteiger partial charge in [0.15, 0.2) is 0 Å². The van der Waals surface area contributed by atoms with Crippen molar-refractivity contribution in [2.24, 2.45) is 0 Å². The van der Waals surface area contributed by atoms with Gasteiger partial charge in [0, 0.05) is 22.6 Å². The van der Waals surface area contributed by atoms with Crippen molar-refractivity contribution in [3.05, 3.63) is 45.7 Å². The molecule has 0 aliphatic rings. The molecule has 0 amide bonds. The van der Waals surface area contributed by atoms with E-state index in [1.807, 2.05) is 0 Å². The monoisotopic (exact) mass is 277 g/mol. The Kier molecular flexibility index (Phi) is 4.58. The number of hydrogen-bond acceptors (Lipinski definition) is 1. The zero-order valence-electron chi connectivity index (χ0n) is 7.49. The van der Waals surface area contributed by atoms with Crippen molar-refractivity contribution in [3.8, 4) is 0 Å². The van der Waals surface area contributed by atoms with Gasteiger partial charge in [-0.3, -0.25) is 0 Å². The first-order chi connectivity index (χ1) is 6.58. The number of hydrogen-bond donors (Lipinski definition) is 1. The molecule has 0 aromatic heterocycles. The van der Waals surface area contributed by atoms with Crippen LogP contribution in [0.15, 0.2) is 29.3 Å². The maximum Gasteiger partial charge on any atom is 0.125 e. The summed E-state index contributed by atoms with van der Waals surface area (Å²) >= 11 is 8.92.